The second-order valence-corrected chi connectivity index (χ2v) is 3.89. The van der Waals surface area contributed by atoms with Crippen LogP contribution >= 0.6 is 0 Å². The Bertz CT molecular complexity index is 437. The molecule has 8 heteroatoms. The number of carbonyl (C=O) groups is 1. The summed E-state index contributed by atoms with van der Waals surface area (Å²) in [6, 6.07) is 3.89. The number of nitrogens with one attached hydrogen (secondary N) is 1. The average Bonchev–Trinajstić information content (AvgIpc) is 2.27. The molecule has 1 rings (SSSR count). The predicted molar refractivity (Wildman–Crippen MR) is 61.2 cm³/mol. The molecule has 106 valence electrons. The van der Waals surface area contributed by atoms with Crippen molar-refractivity contribution < 1.29 is 27.8 Å². The average molecular weight is 278 g/mol. The number of carboxylic acids is 1. The van der Waals surface area contributed by atoms with E-state index < -0.39 is 24.8 Å². The maximum absolute atomic E-state index is 11.9. The Balaban J connectivity index is 2.46. The van der Waals surface area contributed by atoms with E-state index in [1.54, 1.807) is 6.92 Å². The van der Waals surface area contributed by atoms with Crippen molar-refractivity contribution in [1.82, 2.24) is 4.98 Å². The van der Waals surface area contributed by atoms with Gasteiger partial charge in [-0.2, -0.15) is 13.2 Å². The van der Waals surface area contributed by atoms with Crippen molar-refractivity contribution in [2.75, 3.05) is 18.5 Å². The van der Waals surface area contributed by atoms with E-state index in [0.717, 1.165) is 0 Å². The minimum absolute atomic E-state index is 0.145. The second kappa shape index (κ2) is 6.37. The molecule has 1 atom stereocenters. The van der Waals surface area contributed by atoms with Gasteiger partial charge in [-0.25, -0.2) is 9.78 Å². The number of anilines is 1. The molecule has 0 aliphatic heterocycles. The lowest BCUT2D eigenvalue weighted by molar-refractivity contribution is -0.174. The summed E-state index contributed by atoms with van der Waals surface area (Å²) < 4.78 is 40.0. The van der Waals surface area contributed by atoms with E-state index in [1.165, 1.54) is 18.2 Å². The topological polar surface area (TPSA) is 71.5 Å². The number of carboxylic acid groups (broad SMARTS) is 1. The second-order valence-electron chi connectivity index (χ2n) is 3.89. The molecule has 0 aromatic carbocycles. The standard InChI is InChI=1S/C11H13F3N2O3/c1-7(5-19-6-11(12,13)14)15-9-4-2-3-8(16-9)10(17)18/h2-4,7H,5-6H2,1H3,(H,15,16)(H,17,18). The molecule has 0 fully saturated rings. The van der Waals surface area contributed by atoms with Gasteiger partial charge in [0.2, 0.25) is 0 Å². The van der Waals surface area contributed by atoms with Gasteiger partial charge in [-0.1, -0.05) is 6.07 Å². The summed E-state index contributed by atoms with van der Waals surface area (Å²) in [5.74, 6) is -0.910. The normalized spacial score (nSPS) is 13.1. The summed E-state index contributed by atoms with van der Waals surface area (Å²) in [7, 11) is 0. The van der Waals surface area contributed by atoms with Gasteiger partial charge in [0.25, 0.3) is 0 Å². The molecule has 5 nitrogen and oxygen atoms in total. The molecule has 0 radical (unpaired) electrons. The Hall–Kier alpha value is -1.83. The van der Waals surface area contributed by atoms with Gasteiger partial charge in [0.1, 0.15) is 12.4 Å². The van der Waals surface area contributed by atoms with Gasteiger partial charge in [-0.3, -0.25) is 0 Å². The number of nitrogens with zero attached hydrogens (tertiary/aromatic N) is 1. The van der Waals surface area contributed by atoms with E-state index in [-0.39, 0.29) is 18.1 Å². The molecule has 0 bridgehead atoms. The maximum atomic E-state index is 11.9. The smallest absolute Gasteiger partial charge is 0.411 e. The number of hydrogen-bond acceptors (Lipinski definition) is 4. The number of alkyl halides is 3. The molecule has 1 aromatic rings. The molecule has 0 saturated carbocycles. The van der Waals surface area contributed by atoms with Crippen LogP contribution in [0.2, 0.25) is 0 Å². The fraction of sp³-hybridized carbons (Fsp3) is 0.455. The lowest BCUT2D eigenvalue weighted by Crippen LogP contribution is -2.26. The van der Waals surface area contributed by atoms with Crippen LogP contribution in [0.1, 0.15) is 17.4 Å². The fourth-order valence-electron chi connectivity index (χ4n) is 1.28. The van der Waals surface area contributed by atoms with Crippen molar-refractivity contribution in [2.45, 2.75) is 19.1 Å². The third kappa shape index (κ3) is 6.05. The molecular formula is C11H13F3N2O3. The zero-order valence-electron chi connectivity index (χ0n) is 10.1. The van der Waals surface area contributed by atoms with Crippen LogP contribution in [0.3, 0.4) is 0 Å². The van der Waals surface area contributed by atoms with Crippen LogP contribution in [0.25, 0.3) is 0 Å². The van der Waals surface area contributed by atoms with Gasteiger partial charge in [0, 0.05) is 6.04 Å². The van der Waals surface area contributed by atoms with E-state index in [1.807, 2.05) is 0 Å². The Labute approximate surface area is 107 Å². The van der Waals surface area contributed by atoms with Crippen LogP contribution < -0.4 is 5.32 Å². The monoisotopic (exact) mass is 278 g/mol. The summed E-state index contributed by atoms with van der Waals surface area (Å²) >= 11 is 0. The Morgan fingerprint density at radius 1 is 1.53 bits per heavy atom. The Morgan fingerprint density at radius 3 is 2.79 bits per heavy atom. The largest absolute Gasteiger partial charge is 0.477 e. The molecule has 1 aromatic heterocycles. The summed E-state index contributed by atoms with van der Waals surface area (Å²) in [6.45, 7) is 0.117. The first-order valence-electron chi connectivity index (χ1n) is 5.39. The third-order valence-corrected chi connectivity index (χ3v) is 2.00. The van der Waals surface area contributed by atoms with E-state index in [2.05, 4.69) is 15.0 Å². The molecule has 19 heavy (non-hydrogen) atoms. The summed E-state index contributed by atoms with van der Waals surface area (Å²) in [5, 5.41) is 11.5. The van der Waals surface area contributed by atoms with Crippen LogP contribution in [-0.2, 0) is 4.74 Å². The number of pyridine rings is 1. The molecule has 0 amide bonds. The van der Waals surface area contributed by atoms with Crippen molar-refractivity contribution in [3.63, 3.8) is 0 Å². The van der Waals surface area contributed by atoms with Crippen molar-refractivity contribution in [1.29, 1.82) is 0 Å². The van der Waals surface area contributed by atoms with Gasteiger partial charge >= 0.3 is 12.1 Å². The highest BCUT2D eigenvalue weighted by Crippen LogP contribution is 2.14. The zero-order valence-corrected chi connectivity index (χ0v) is 10.1. The lowest BCUT2D eigenvalue weighted by Gasteiger charge is -2.15. The van der Waals surface area contributed by atoms with Gasteiger partial charge in [-0.15, -0.1) is 0 Å². The molecule has 2 N–H and O–H groups in total. The molecule has 0 aliphatic carbocycles. The van der Waals surface area contributed by atoms with E-state index >= 15 is 0 Å². The summed E-state index contributed by atoms with van der Waals surface area (Å²) in [4.78, 5) is 14.5. The summed E-state index contributed by atoms with van der Waals surface area (Å²) in [6.07, 6.45) is -4.36. The fourth-order valence-corrected chi connectivity index (χ4v) is 1.28. The maximum Gasteiger partial charge on any atom is 0.411 e. The third-order valence-electron chi connectivity index (χ3n) is 2.00. The highest BCUT2D eigenvalue weighted by molar-refractivity contribution is 5.85. The number of hydrogen-bond donors (Lipinski definition) is 2. The van der Waals surface area contributed by atoms with E-state index in [9.17, 15) is 18.0 Å². The lowest BCUT2D eigenvalue weighted by atomic mass is 10.3. The predicted octanol–water partition coefficient (Wildman–Crippen LogP) is 2.16. The van der Waals surface area contributed by atoms with Gasteiger partial charge in [0.05, 0.1) is 6.61 Å². The first kappa shape index (κ1) is 15.2. The van der Waals surface area contributed by atoms with Crippen molar-refractivity contribution >= 4 is 11.8 Å². The van der Waals surface area contributed by atoms with Crippen molar-refractivity contribution in [2.24, 2.45) is 0 Å². The quantitative estimate of drug-likeness (QED) is 0.834. The number of aromatic carboxylic acids is 1. The van der Waals surface area contributed by atoms with Crippen LogP contribution in [0, 0.1) is 0 Å². The Morgan fingerprint density at radius 2 is 2.21 bits per heavy atom. The number of rotatable bonds is 6. The van der Waals surface area contributed by atoms with E-state index in [0.29, 0.717) is 0 Å². The minimum Gasteiger partial charge on any atom is -0.477 e. The molecular weight excluding hydrogens is 265 g/mol. The van der Waals surface area contributed by atoms with Crippen molar-refractivity contribution in [3.05, 3.63) is 23.9 Å². The SMILES string of the molecule is CC(COCC(F)(F)F)Nc1cccc(C(=O)O)n1. The summed E-state index contributed by atoms with van der Waals surface area (Å²) in [5.41, 5.74) is -0.145. The molecule has 1 heterocycles. The number of ether oxygens (including phenoxy) is 1. The van der Waals surface area contributed by atoms with Gasteiger partial charge in [-0.05, 0) is 19.1 Å². The van der Waals surface area contributed by atoms with Gasteiger partial charge < -0.3 is 15.2 Å². The Kier molecular flexibility index (Phi) is 5.11. The molecule has 0 aliphatic rings. The van der Waals surface area contributed by atoms with Crippen LogP contribution in [0.5, 0.6) is 0 Å². The molecule has 0 saturated heterocycles. The van der Waals surface area contributed by atoms with Gasteiger partial charge in [0.15, 0.2) is 5.69 Å². The zero-order chi connectivity index (χ0) is 14.5. The van der Waals surface area contributed by atoms with E-state index in [4.69, 9.17) is 5.11 Å². The molecule has 1 unspecified atom stereocenters. The first-order valence-corrected chi connectivity index (χ1v) is 5.39. The van der Waals surface area contributed by atoms with Crippen molar-refractivity contribution in [3.8, 4) is 0 Å². The number of halogens is 3. The van der Waals surface area contributed by atoms with Crippen LogP contribution in [0.15, 0.2) is 18.2 Å². The highest BCUT2D eigenvalue weighted by atomic mass is 19.4. The van der Waals surface area contributed by atoms with Crippen LogP contribution in [-0.4, -0.2) is 41.5 Å². The first-order chi connectivity index (χ1) is 8.78. The minimum atomic E-state index is -4.36. The highest BCUT2D eigenvalue weighted by Gasteiger charge is 2.27. The number of aromatic nitrogens is 1. The van der Waals surface area contributed by atoms with Crippen LogP contribution in [0.4, 0.5) is 19.0 Å². The molecule has 0 spiro atoms.